The van der Waals surface area contributed by atoms with E-state index in [0.717, 1.165) is 21.4 Å². The first kappa shape index (κ1) is 23.8. The van der Waals surface area contributed by atoms with Gasteiger partial charge in [-0.1, -0.05) is 64.8 Å². The number of hydrogen-bond acceptors (Lipinski definition) is 3. The first-order valence-corrected chi connectivity index (χ1v) is 11.9. The van der Waals surface area contributed by atoms with Gasteiger partial charge in [-0.25, -0.2) is 0 Å². The molecule has 7 heteroatoms. The molecule has 0 fully saturated rings. The summed E-state index contributed by atoms with van der Waals surface area (Å²) in [5, 5.41) is 3.44. The summed E-state index contributed by atoms with van der Waals surface area (Å²) in [7, 11) is 0. The van der Waals surface area contributed by atoms with Gasteiger partial charge in [-0.2, -0.15) is 0 Å². The molecule has 0 heterocycles. The molecule has 0 bridgehead atoms. The van der Waals surface area contributed by atoms with E-state index in [9.17, 15) is 9.59 Å². The van der Waals surface area contributed by atoms with Gasteiger partial charge in [0, 0.05) is 28.3 Å². The van der Waals surface area contributed by atoms with Gasteiger partial charge in [-0.3, -0.25) is 9.59 Å². The molecule has 0 radical (unpaired) electrons. The summed E-state index contributed by atoms with van der Waals surface area (Å²) >= 11 is 11.3. The highest BCUT2D eigenvalue weighted by Gasteiger charge is 2.28. The number of halogens is 2. The third kappa shape index (κ3) is 7.36. The van der Waals surface area contributed by atoms with Crippen molar-refractivity contribution in [2.75, 3.05) is 12.3 Å². The van der Waals surface area contributed by atoms with Crippen LogP contribution in [0, 0.1) is 0 Å². The molecule has 1 atom stereocenters. The summed E-state index contributed by atoms with van der Waals surface area (Å²) in [5.41, 5.74) is 1.99. The van der Waals surface area contributed by atoms with E-state index in [4.69, 9.17) is 11.6 Å². The number of likely N-dealkylation sites (N-methyl/N-ethyl adjacent to an activating group) is 1. The lowest BCUT2D eigenvalue weighted by atomic mass is 10.1. The normalized spacial score (nSPS) is 11.7. The van der Waals surface area contributed by atoms with Gasteiger partial charge >= 0.3 is 0 Å². The van der Waals surface area contributed by atoms with E-state index in [0.29, 0.717) is 30.3 Å². The molecular formula is C22H26BrClN2O2S. The van der Waals surface area contributed by atoms with E-state index in [1.54, 1.807) is 22.7 Å². The number of nitrogens with one attached hydrogen (secondary N) is 1. The largest absolute Gasteiger partial charge is 0.355 e. The van der Waals surface area contributed by atoms with Crippen molar-refractivity contribution in [1.29, 1.82) is 0 Å². The van der Waals surface area contributed by atoms with Crippen LogP contribution >= 0.6 is 39.3 Å². The standard InChI is InChI=1S/C22H26BrClN2O2S/c1-3-20(22(28)25-4-2)26(13-17-7-5-6-8-19(17)24)21(27)15-29-14-16-9-11-18(23)12-10-16/h5-12,20H,3-4,13-15H2,1-2H3,(H,25,28). The Morgan fingerprint density at radius 2 is 1.83 bits per heavy atom. The van der Waals surface area contributed by atoms with Gasteiger partial charge in [0.15, 0.2) is 0 Å². The van der Waals surface area contributed by atoms with Crippen LogP contribution in [0.5, 0.6) is 0 Å². The third-order valence-electron chi connectivity index (χ3n) is 4.44. The molecule has 4 nitrogen and oxygen atoms in total. The fourth-order valence-corrected chi connectivity index (χ4v) is 4.27. The van der Waals surface area contributed by atoms with E-state index >= 15 is 0 Å². The Morgan fingerprint density at radius 1 is 1.14 bits per heavy atom. The molecule has 2 aromatic rings. The summed E-state index contributed by atoms with van der Waals surface area (Å²) in [5.74, 6) is 0.839. The number of hydrogen-bond donors (Lipinski definition) is 1. The van der Waals surface area contributed by atoms with E-state index < -0.39 is 6.04 Å². The molecule has 0 spiro atoms. The average molecular weight is 498 g/mol. The number of carbonyl (C=O) groups excluding carboxylic acids is 2. The predicted molar refractivity (Wildman–Crippen MR) is 125 cm³/mol. The number of rotatable bonds is 10. The Kier molecular flexibility index (Phi) is 10.0. The van der Waals surface area contributed by atoms with Gasteiger partial charge < -0.3 is 10.2 Å². The summed E-state index contributed by atoms with van der Waals surface area (Å²) in [6, 6.07) is 15.0. The minimum atomic E-state index is -0.521. The topological polar surface area (TPSA) is 49.4 Å². The number of thioether (sulfide) groups is 1. The van der Waals surface area contributed by atoms with E-state index in [2.05, 4.69) is 21.2 Å². The second kappa shape index (κ2) is 12.3. The number of benzene rings is 2. The highest BCUT2D eigenvalue weighted by Crippen LogP contribution is 2.22. The highest BCUT2D eigenvalue weighted by atomic mass is 79.9. The van der Waals surface area contributed by atoms with Crippen LogP contribution in [0.4, 0.5) is 0 Å². The van der Waals surface area contributed by atoms with E-state index in [1.807, 2.05) is 56.3 Å². The fraction of sp³-hybridized carbons (Fsp3) is 0.364. The van der Waals surface area contributed by atoms with Crippen LogP contribution in [-0.4, -0.2) is 35.1 Å². The van der Waals surface area contributed by atoms with Crippen LogP contribution in [0.1, 0.15) is 31.4 Å². The lowest BCUT2D eigenvalue weighted by Crippen LogP contribution is -2.49. The molecule has 0 saturated heterocycles. The van der Waals surface area contributed by atoms with Crippen molar-refractivity contribution in [3.05, 3.63) is 69.2 Å². The van der Waals surface area contributed by atoms with Crippen molar-refractivity contribution in [3.8, 4) is 0 Å². The third-order valence-corrected chi connectivity index (χ3v) is 6.33. The molecule has 2 rings (SSSR count). The molecule has 156 valence electrons. The SMILES string of the molecule is CCNC(=O)C(CC)N(Cc1ccccc1Cl)C(=O)CSCc1ccc(Br)cc1. The van der Waals surface area contributed by atoms with Crippen molar-refractivity contribution in [3.63, 3.8) is 0 Å². The highest BCUT2D eigenvalue weighted by molar-refractivity contribution is 9.10. The van der Waals surface area contributed by atoms with Crippen LogP contribution < -0.4 is 5.32 Å². The van der Waals surface area contributed by atoms with Crippen molar-refractivity contribution in [1.82, 2.24) is 10.2 Å². The molecule has 0 saturated carbocycles. The maximum absolute atomic E-state index is 13.1. The van der Waals surface area contributed by atoms with Gasteiger partial charge in [-0.05, 0) is 42.7 Å². The molecule has 1 unspecified atom stereocenters. The lowest BCUT2D eigenvalue weighted by molar-refractivity contribution is -0.139. The van der Waals surface area contributed by atoms with Crippen molar-refractivity contribution < 1.29 is 9.59 Å². The lowest BCUT2D eigenvalue weighted by Gasteiger charge is -2.30. The molecule has 0 aromatic heterocycles. The molecule has 0 aliphatic rings. The first-order chi connectivity index (χ1) is 14.0. The molecule has 2 aromatic carbocycles. The zero-order chi connectivity index (χ0) is 21.2. The van der Waals surface area contributed by atoms with Gasteiger partial charge in [-0.15, -0.1) is 11.8 Å². The monoisotopic (exact) mass is 496 g/mol. The van der Waals surface area contributed by atoms with Crippen LogP contribution in [0.2, 0.25) is 5.02 Å². The number of amides is 2. The Hall–Kier alpha value is -1.50. The van der Waals surface area contributed by atoms with Crippen LogP contribution in [0.25, 0.3) is 0 Å². The van der Waals surface area contributed by atoms with Crippen LogP contribution in [0.3, 0.4) is 0 Å². The fourth-order valence-electron chi connectivity index (χ4n) is 2.94. The summed E-state index contributed by atoms with van der Waals surface area (Å²) in [6.45, 7) is 4.63. The summed E-state index contributed by atoms with van der Waals surface area (Å²) in [4.78, 5) is 27.3. The van der Waals surface area contributed by atoms with Crippen molar-refractivity contribution in [2.24, 2.45) is 0 Å². The maximum atomic E-state index is 13.1. The van der Waals surface area contributed by atoms with Crippen LogP contribution in [0.15, 0.2) is 53.0 Å². The maximum Gasteiger partial charge on any atom is 0.242 e. The van der Waals surface area contributed by atoms with Gasteiger partial charge in [0.2, 0.25) is 11.8 Å². The van der Waals surface area contributed by atoms with E-state index in [-0.39, 0.29) is 11.8 Å². The Balaban J connectivity index is 2.11. The minimum absolute atomic E-state index is 0.0647. The second-order valence-electron chi connectivity index (χ2n) is 6.55. The molecule has 29 heavy (non-hydrogen) atoms. The Labute approximate surface area is 190 Å². The first-order valence-electron chi connectivity index (χ1n) is 9.59. The molecular weight excluding hydrogens is 472 g/mol. The molecule has 2 amide bonds. The second-order valence-corrected chi connectivity index (χ2v) is 8.86. The number of carbonyl (C=O) groups is 2. The van der Waals surface area contributed by atoms with Crippen molar-refractivity contribution >= 4 is 51.1 Å². The summed E-state index contributed by atoms with van der Waals surface area (Å²) in [6.07, 6.45) is 0.541. The number of nitrogens with zero attached hydrogens (tertiary/aromatic N) is 1. The zero-order valence-electron chi connectivity index (χ0n) is 16.7. The minimum Gasteiger partial charge on any atom is -0.355 e. The van der Waals surface area contributed by atoms with Gasteiger partial charge in [0.05, 0.1) is 5.75 Å². The Bertz CT molecular complexity index is 817. The summed E-state index contributed by atoms with van der Waals surface area (Å²) < 4.78 is 1.03. The van der Waals surface area contributed by atoms with E-state index in [1.165, 1.54) is 0 Å². The van der Waals surface area contributed by atoms with Gasteiger partial charge in [0.25, 0.3) is 0 Å². The van der Waals surface area contributed by atoms with Gasteiger partial charge in [0.1, 0.15) is 6.04 Å². The zero-order valence-corrected chi connectivity index (χ0v) is 19.8. The predicted octanol–water partition coefficient (Wildman–Crippen LogP) is 5.28. The molecule has 1 N–H and O–H groups in total. The molecule has 0 aliphatic carbocycles. The average Bonchev–Trinajstić information content (AvgIpc) is 2.71. The quantitative estimate of drug-likeness (QED) is 0.486. The van der Waals surface area contributed by atoms with Crippen LogP contribution in [-0.2, 0) is 21.9 Å². The smallest absolute Gasteiger partial charge is 0.242 e. The molecule has 0 aliphatic heterocycles. The van der Waals surface area contributed by atoms with Crippen molar-refractivity contribution in [2.45, 2.75) is 38.6 Å². The Morgan fingerprint density at radius 3 is 2.45 bits per heavy atom.